The SMILES string of the molecule is Cc1nonc1Cn1nnc2c1CN(C(C)(C)C)C=C2N1CC[C@H](O)C1. The van der Waals surface area contributed by atoms with Crippen molar-refractivity contribution in [2.45, 2.75) is 58.8 Å². The van der Waals surface area contributed by atoms with Gasteiger partial charge in [0.25, 0.3) is 0 Å². The third-order valence-corrected chi connectivity index (χ3v) is 5.09. The van der Waals surface area contributed by atoms with Crippen molar-refractivity contribution in [1.82, 2.24) is 35.1 Å². The number of aliphatic hydroxyl groups excluding tert-OH is 1. The van der Waals surface area contributed by atoms with Gasteiger partial charge < -0.3 is 14.9 Å². The predicted molar refractivity (Wildman–Crippen MR) is 93.6 cm³/mol. The number of β-amino-alcohol motifs (C(OH)–C–C–N with tert-alkyl or cyclic N) is 1. The molecule has 9 heteroatoms. The third kappa shape index (κ3) is 2.96. The molecule has 4 heterocycles. The smallest absolute Gasteiger partial charge is 0.135 e. The van der Waals surface area contributed by atoms with Crippen molar-refractivity contribution in [3.05, 3.63) is 29.0 Å². The number of aliphatic hydroxyl groups is 1. The van der Waals surface area contributed by atoms with Crippen LogP contribution in [-0.4, -0.2) is 64.9 Å². The zero-order valence-corrected chi connectivity index (χ0v) is 15.7. The van der Waals surface area contributed by atoms with Gasteiger partial charge in [0.05, 0.1) is 30.6 Å². The first-order valence-electron chi connectivity index (χ1n) is 8.95. The first-order valence-corrected chi connectivity index (χ1v) is 8.95. The minimum Gasteiger partial charge on any atom is -0.391 e. The molecule has 0 aromatic carbocycles. The summed E-state index contributed by atoms with van der Waals surface area (Å²) in [5, 5.41) is 26.6. The van der Waals surface area contributed by atoms with E-state index in [1.807, 2.05) is 11.6 Å². The zero-order valence-electron chi connectivity index (χ0n) is 15.7. The van der Waals surface area contributed by atoms with Gasteiger partial charge in [-0.05, 0) is 34.1 Å². The van der Waals surface area contributed by atoms with Crippen molar-refractivity contribution in [1.29, 1.82) is 0 Å². The van der Waals surface area contributed by atoms with Gasteiger partial charge in [-0.3, -0.25) is 0 Å². The predicted octanol–water partition coefficient (Wildman–Crippen LogP) is 0.997. The van der Waals surface area contributed by atoms with Crippen molar-refractivity contribution < 1.29 is 9.74 Å². The van der Waals surface area contributed by atoms with E-state index in [2.05, 4.69) is 57.4 Å². The van der Waals surface area contributed by atoms with E-state index in [1.54, 1.807) is 0 Å². The lowest BCUT2D eigenvalue weighted by Crippen LogP contribution is -2.40. The molecule has 1 fully saturated rings. The Labute approximate surface area is 152 Å². The maximum atomic E-state index is 9.96. The van der Waals surface area contributed by atoms with E-state index in [0.29, 0.717) is 13.1 Å². The van der Waals surface area contributed by atoms with Crippen molar-refractivity contribution >= 4 is 5.70 Å². The quantitative estimate of drug-likeness (QED) is 0.867. The van der Waals surface area contributed by atoms with Crippen molar-refractivity contribution in [2.75, 3.05) is 13.1 Å². The maximum absolute atomic E-state index is 9.96. The number of aryl methyl sites for hydroxylation is 1. The number of likely N-dealkylation sites (tertiary alicyclic amines) is 1. The molecule has 1 saturated heterocycles. The Hall–Kier alpha value is -2.42. The minimum absolute atomic E-state index is 0.0399. The van der Waals surface area contributed by atoms with Crippen LogP contribution in [0.25, 0.3) is 5.70 Å². The van der Waals surface area contributed by atoms with E-state index in [9.17, 15) is 5.11 Å². The van der Waals surface area contributed by atoms with Crippen LogP contribution in [-0.2, 0) is 13.1 Å². The molecule has 1 N–H and O–H groups in total. The van der Waals surface area contributed by atoms with E-state index in [1.165, 1.54) is 0 Å². The number of hydrogen-bond donors (Lipinski definition) is 1. The highest BCUT2D eigenvalue weighted by Crippen LogP contribution is 2.33. The van der Waals surface area contributed by atoms with Crippen LogP contribution in [0, 0.1) is 6.92 Å². The highest BCUT2D eigenvalue weighted by molar-refractivity contribution is 5.64. The fourth-order valence-corrected chi connectivity index (χ4v) is 3.39. The summed E-state index contributed by atoms with van der Waals surface area (Å²) in [6.07, 6.45) is 2.64. The van der Waals surface area contributed by atoms with Crippen molar-refractivity contribution in [3.8, 4) is 0 Å². The lowest BCUT2D eigenvalue weighted by molar-refractivity contribution is 0.179. The molecule has 2 aliphatic rings. The van der Waals surface area contributed by atoms with Gasteiger partial charge in [-0.2, -0.15) is 0 Å². The van der Waals surface area contributed by atoms with E-state index < -0.39 is 0 Å². The average molecular weight is 359 g/mol. The Morgan fingerprint density at radius 2 is 2.12 bits per heavy atom. The maximum Gasteiger partial charge on any atom is 0.135 e. The third-order valence-electron chi connectivity index (χ3n) is 5.09. The molecule has 26 heavy (non-hydrogen) atoms. The summed E-state index contributed by atoms with van der Waals surface area (Å²) in [6.45, 7) is 11.1. The molecule has 2 aromatic heterocycles. The summed E-state index contributed by atoms with van der Waals surface area (Å²) >= 11 is 0. The van der Waals surface area contributed by atoms with Crippen LogP contribution in [0.5, 0.6) is 0 Å². The molecular formula is C17H25N7O2. The first-order chi connectivity index (χ1) is 12.3. The van der Waals surface area contributed by atoms with Gasteiger partial charge in [-0.25, -0.2) is 9.31 Å². The molecule has 0 amide bonds. The van der Waals surface area contributed by atoms with Gasteiger partial charge in [0, 0.05) is 24.8 Å². The molecule has 0 saturated carbocycles. The Bertz CT molecular complexity index is 833. The summed E-state index contributed by atoms with van der Waals surface area (Å²) in [6, 6.07) is 0. The number of nitrogens with zero attached hydrogens (tertiary/aromatic N) is 7. The van der Waals surface area contributed by atoms with Gasteiger partial charge >= 0.3 is 0 Å². The summed E-state index contributed by atoms with van der Waals surface area (Å²) in [5.41, 5.74) is 4.43. The Kier molecular flexibility index (Phi) is 3.98. The number of hydrogen-bond acceptors (Lipinski definition) is 8. The fourth-order valence-electron chi connectivity index (χ4n) is 3.39. The van der Waals surface area contributed by atoms with Gasteiger partial charge in [-0.15, -0.1) is 5.10 Å². The Morgan fingerprint density at radius 3 is 2.73 bits per heavy atom. The van der Waals surface area contributed by atoms with Gasteiger partial charge in [-0.1, -0.05) is 15.5 Å². The van der Waals surface area contributed by atoms with Crippen molar-refractivity contribution in [3.63, 3.8) is 0 Å². The Morgan fingerprint density at radius 1 is 1.31 bits per heavy atom. The second-order valence-electron chi connectivity index (χ2n) is 8.04. The van der Waals surface area contributed by atoms with E-state index >= 15 is 0 Å². The molecule has 2 aliphatic heterocycles. The van der Waals surface area contributed by atoms with Crippen LogP contribution in [0.15, 0.2) is 10.8 Å². The molecule has 0 radical (unpaired) electrons. The lowest BCUT2D eigenvalue weighted by Gasteiger charge is -2.39. The Balaban J connectivity index is 1.72. The van der Waals surface area contributed by atoms with Gasteiger partial charge in [0.1, 0.15) is 17.1 Å². The van der Waals surface area contributed by atoms with Crippen LogP contribution in [0.3, 0.4) is 0 Å². The summed E-state index contributed by atoms with van der Waals surface area (Å²) in [7, 11) is 0. The largest absolute Gasteiger partial charge is 0.391 e. The molecule has 1 atom stereocenters. The average Bonchev–Trinajstić information content (AvgIpc) is 3.28. The standard InChI is InChI=1S/C17H25N7O2/c1-11-13(20-26-19-11)8-24-15-10-23(17(2,3)4)9-14(16(15)18-21-24)22-6-5-12(25)7-22/h9,12,25H,5-8,10H2,1-4H3/t12-/m0/s1. The topological polar surface area (TPSA) is 96.3 Å². The zero-order chi connectivity index (χ0) is 18.5. The normalized spacial score (nSPS) is 20.5. The molecule has 0 aliphatic carbocycles. The fraction of sp³-hybridized carbons (Fsp3) is 0.647. The molecule has 4 rings (SSSR count). The lowest BCUT2D eigenvalue weighted by atomic mass is 10.0. The highest BCUT2D eigenvalue weighted by Gasteiger charge is 2.34. The number of fused-ring (bicyclic) bond motifs is 1. The molecular weight excluding hydrogens is 334 g/mol. The van der Waals surface area contributed by atoms with Crippen LogP contribution in [0.2, 0.25) is 0 Å². The van der Waals surface area contributed by atoms with E-state index in [0.717, 1.165) is 48.0 Å². The second-order valence-corrected chi connectivity index (χ2v) is 8.04. The second kappa shape index (κ2) is 6.08. The van der Waals surface area contributed by atoms with Crippen LogP contribution in [0.4, 0.5) is 0 Å². The minimum atomic E-state index is -0.289. The van der Waals surface area contributed by atoms with E-state index in [-0.39, 0.29) is 11.6 Å². The molecule has 140 valence electrons. The van der Waals surface area contributed by atoms with Gasteiger partial charge in [0.15, 0.2) is 0 Å². The van der Waals surface area contributed by atoms with Crippen molar-refractivity contribution in [2.24, 2.45) is 0 Å². The van der Waals surface area contributed by atoms with Gasteiger partial charge in [0.2, 0.25) is 0 Å². The molecule has 0 bridgehead atoms. The number of rotatable bonds is 3. The first kappa shape index (κ1) is 17.0. The van der Waals surface area contributed by atoms with Crippen LogP contribution >= 0.6 is 0 Å². The molecule has 9 nitrogen and oxygen atoms in total. The molecule has 0 spiro atoms. The summed E-state index contributed by atoms with van der Waals surface area (Å²) in [4.78, 5) is 4.49. The molecule has 0 unspecified atom stereocenters. The highest BCUT2D eigenvalue weighted by atomic mass is 16.6. The van der Waals surface area contributed by atoms with Crippen LogP contribution in [0.1, 0.15) is 50.0 Å². The molecule has 2 aromatic rings. The van der Waals surface area contributed by atoms with Crippen LogP contribution < -0.4 is 0 Å². The number of aromatic nitrogens is 5. The van der Waals surface area contributed by atoms with E-state index in [4.69, 9.17) is 4.63 Å². The summed E-state index contributed by atoms with van der Waals surface area (Å²) in [5.74, 6) is 0. The summed E-state index contributed by atoms with van der Waals surface area (Å²) < 4.78 is 6.68. The monoisotopic (exact) mass is 359 g/mol.